The minimum absolute atomic E-state index is 0.119. The summed E-state index contributed by atoms with van der Waals surface area (Å²) in [5.74, 6) is 0.480. The Morgan fingerprint density at radius 2 is 2.27 bits per heavy atom. The molecule has 0 unspecified atom stereocenters. The van der Waals surface area contributed by atoms with Gasteiger partial charge >= 0.3 is 0 Å². The number of aromatic nitrogens is 5. The topological polar surface area (TPSA) is 108 Å². The van der Waals surface area contributed by atoms with Gasteiger partial charge in [-0.1, -0.05) is 0 Å². The maximum absolute atomic E-state index is 12.0. The highest BCUT2D eigenvalue weighted by atomic mass is 16.5. The summed E-state index contributed by atoms with van der Waals surface area (Å²) in [7, 11) is 1.51. The van der Waals surface area contributed by atoms with E-state index in [1.54, 1.807) is 18.2 Å². The van der Waals surface area contributed by atoms with Crippen molar-refractivity contribution in [3.05, 3.63) is 53.3 Å². The Morgan fingerprint density at radius 1 is 1.41 bits per heavy atom. The highest BCUT2D eigenvalue weighted by Crippen LogP contribution is 2.08. The molecule has 112 valence electrons. The molecule has 0 aliphatic rings. The average Bonchev–Trinajstić information content (AvgIpc) is 2.94. The number of rotatable bonds is 4. The number of nitrogens with zero attached hydrogens (tertiary/aromatic N) is 5. The van der Waals surface area contributed by atoms with Crippen molar-refractivity contribution in [3.8, 4) is 5.88 Å². The highest BCUT2D eigenvalue weighted by Gasteiger charge is 2.12. The zero-order chi connectivity index (χ0) is 15.5. The van der Waals surface area contributed by atoms with Crippen LogP contribution in [0.25, 0.3) is 5.65 Å². The molecule has 9 nitrogen and oxygen atoms in total. The molecule has 9 heteroatoms. The second kappa shape index (κ2) is 5.64. The number of amides is 1. The van der Waals surface area contributed by atoms with E-state index in [4.69, 9.17) is 4.74 Å². The maximum Gasteiger partial charge on any atom is 0.257 e. The molecule has 3 aromatic heterocycles. The second-order valence-corrected chi connectivity index (χ2v) is 4.40. The number of carbonyl (C=O) groups excluding carboxylic acids is 1. The zero-order valence-corrected chi connectivity index (χ0v) is 11.6. The van der Waals surface area contributed by atoms with Gasteiger partial charge in [-0.2, -0.15) is 9.25 Å². The van der Waals surface area contributed by atoms with Crippen LogP contribution >= 0.6 is 0 Å². The third kappa shape index (κ3) is 2.64. The largest absolute Gasteiger partial charge is 0.619 e. The van der Waals surface area contributed by atoms with Gasteiger partial charge in [-0.15, -0.1) is 15.3 Å². The van der Waals surface area contributed by atoms with Gasteiger partial charge in [-0.3, -0.25) is 4.79 Å². The monoisotopic (exact) mass is 300 g/mol. The molecule has 0 atom stereocenters. The summed E-state index contributed by atoms with van der Waals surface area (Å²) in [5, 5.41) is 25.9. The molecule has 1 N–H and O–H groups in total. The first-order chi connectivity index (χ1) is 10.7. The van der Waals surface area contributed by atoms with Crippen molar-refractivity contribution in [2.75, 3.05) is 7.11 Å². The van der Waals surface area contributed by atoms with Gasteiger partial charge in [0, 0.05) is 12.1 Å². The summed E-state index contributed by atoms with van der Waals surface area (Å²) in [6.07, 6.45) is 2.50. The Balaban J connectivity index is 1.77. The number of carbonyl (C=O) groups is 1. The molecular formula is C13H12N6O3. The van der Waals surface area contributed by atoms with Crippen molar-refractivity contribution >= 4 is 11.6 Å². The SMILES string of the molecule is COc1ccc2nnc(CNC(=O)c3ccc[n+]([O-])c3)n2n1. The predicted molar refractivity (Wildman–Crippen MR) is 73.9 cm³/mol. The van der Waals surface area contributed by atoms with Crippen LogP contribution in [-0.4, -0.2) is 32.8 Å². The molecule has 0 radical (unpaired) electrons. The summed E-state index contributed by atoms with van der Waals surface area (Å²) >= 11 is 0. The first-order valence-electron chi connectivity index (χ1n) is 6.40. The first kappa shape index (κ1) is 13.7. The second-order valence-electron chi connectivity index (χ2n) is 4.40. The van der Waals surface area contributed by atoms with Gasteiger partial charge in [0.15, 0.2) is 23.9 Å². The van der Waals surface area contributed by atoms with E-state index in [1.165, 1.54) is 30.1 Å². The van der Waals surface area contributed by atoms with Gasteiger partial charge in [0.25, 0.3) is 5.91 Å². The Hall–Kier alpha value is -3.23. The summed E-state index contributed by atoms with van der Waals surface area (Å²) in [6, 6.07) is 6.43. The van der Waals surface area contributed by atoms with E-state index in [0.29, 0.717) is 22.1 Å². The van der Waals surface area contributed by atoms with E-state index in [1.807, 2.05) is 0 Å². The van der Waals surface area contributed by atoms with Gasteiger partial charge in [0.05, 0.1) is 13.7 Å². The first-order valence-corrected chi connectivity index (χ1v) is 6.40. The third-order valence-corrected chi connectivity index (χ3v) is 2.96. The average molecular weight is 300 g/mol. The van der Waals surface area contributed by atoms with Crippen LogP contribution in [0.4, 0.5) is 0 Å². The molecule has 0 saturated heterocycles. The van der Waals surface area contributed by atoms with Crippen molar-refractivity contribution in [1.82, 2.24) is 25.1 Å². The van der Waals surface area contributed by atoms with Crippen LogP contribution in [0.5, 0.6) is 5.88 Å². The van der Waals surface area contributed by atoms with E-state index in [9.17, 15) is 10.0 Å². The number of hydrogen-bond acceptors (Lipinski definition) is 6. The molecule has 0 fully saturated rings. The highest BCUT2D eigenvalue weighted by molar-refractivity contribution is 5.93. The van der Waals surface area contributed by atoms with Crippen LogP contribution in [0.15, 0.2) is 36.7 Å². The van der Waals surface area contributed by atoms with Gasteiger partial charge in [0.1, 0.15) is 5.56 Å². The summed E-state index contributed by atoms with van der Waals surface area (Å²) < 4.78 is 7.09. The fraction of sp³-hybridized carbons (Fsp3) is 0.154. The smallest absolute Gasteiger partial charge is 0.257 e. The molecule has 3 rings (SSSR count). The number of nitrogens with one attached hydrogen (secondary N) is 1. The van der Waals surface area contributed by atoms with E-state index < -0.39 is 0 Å². The van der Waals surface area contributed by atoms with E-state index in [-0.39, 0.29) is 18.0 Å². The fourth-order valence-corrected chi connectivity index (χ4v) is 1.89. The van der Waals surface area contributed by atoms with E-state index in [2.05, 4.69) is 20.6 Å². The van der Waals surface area contributed by atoms with Crippen LogP contribution < -0.4 is 14.8 Å². The molecule has 1 amide bonds. The predicted octanol–water partition coefficient (Wildman–Crippen LogP) is -0.304. The molecule has 0 bridgehead atoms. The van der Waals surface area contributed by atoms with Gasteiger partial charge in [-0.05, 0) is 12.1 Å². The number of hydrogen-bond donors (Lipinski definition) is 1. The van der Waals surface area contributed by atoms with Crippen molar-refractivity contribution in [2.45, 2.75) is 6.54 Å². The molecule has 0 aliphatic carbocycles. The van der Waals surface area contributed by atoms with Crippen molar-refractivity contribution in [2.24, 2.45) is 0 Å². The van der Waals surface area contributed by atoms with Crippen molar-refractivity contribution in [1.29, 1.82) is 0 Å². The molecule has 0 saturated carbocycles. The summed E-state index contributed by atoms with van der Waals surface area (Å²) in [5.41, 5.74) is 0.805. The lowest BCUT2D eigenvalue weighted by Gasteiger charge is -2.04. The molecule has 3 aromatic rings. The van der Waals surface area contributed by atoms with Crippen molar-refractivity contribution in [3.63, 3.8) is 0 Å². The fourth-order valence-electron chi connectivity index (χ4n) is 1.89. The van der Waals surface area contributed by atoms with Crippen LogP contribution in [0.3, 0.4) is 0 Å². The molecule has 0 aromatic carbocycles. The molecular weight excluding hydrogens is 288 g/mol. The number of methoxy groups -OCH3 is 1. The van der Waals surface area contributed by atoms with Crippen LogP contribution in [0.1, 0.15) is 16.2 Å². The van der Waals surface area contributed by atoms with Gasteiger partial charge in [-0.25, -0.2) is 0 Å². The van der Waals surface area contributed by atoms with Gasteiger partial charge in [0.2, 0.25) is 5.88 Å². The Morgan fingerprint density at radius 3 is 3.05 bits per heavy atom. The third-order valence-electron chi connectivity index (χ3n) is 2.96. The summed E-state index contributed by atoms with van der Waals surface area (Å²) in [6.45, 7) is 0.119. The van der Waals surface area contributed by atoms with Crippen LogP contribution in [0, 0.1) is 5.21 Å². The molecule has 22 heavy (non-hydrogen) atoms. The Kier molecular flexibility index (Phi) is 3.52. The van der Waals surface area contributed by atoms with Crippen LogP contribution in [0.2, 0.25) is 0 Å². The maximum atomic E-state index is 12.0. The number of pyridine rings is 1. The van der Waals surface area contributed by atoms with Crippen LogP contribution in [-0.2, 0) is 6.54 Å². The lowest BCUT2D eigenvalue weighted by molar-refractivity contribution is -0.605. The lowest BCUT2D eigenvalue weighted by Crippen LogP contribution is -2.30. The number of ether oxygens (including phenoxy) is 1. The Bertz CT molecular complexity index is 832. The molecule has 0 spiro atoms. The van der Waals surface area contributed by atoms with Crippen molar-refractivity contribution < 1.29 is 14.3 Å². The molecule has 3 heterocycles. The normalized spacial score (nSPS) is 10.6. The minimum atomic E-state index is -0.384. The number of fused-ring (bicyclic) bond motifs is 1. The minimum Gasteiger partial charge on any atom is -0.619 e. The summed E-state index contributed by atoms with van der Waals surface area (Å²) in [4.78, 5) is 12.0. The molecule has 0 aliphatic heterocycles. The van der Waals surface area contributed by atoms with E-state index in [0.717, 1.165) is 0 Å². The van der Waals surface area contributed by atoms with E-state index >= 15 is 0 Å². The lowest BCUT2D eigenvalue weighted by atomic mass is 10.3. The Labute approximate surface area is 124 Å². The van der Waals surface area contributed by atoms with Gasteiger partial charge < -0.3 is 15.3 Å². The standard InChI is InChI=1S/C13H12N6O3/c1-22-12-5-4-10-15-16-11(19(10)17-12)7-14-13(20)9-3-2-6-18(21)8-9/h2-6,8H,7H2,1H3,(H,14,20). The zero-order valence-electron chi connectivity index (χ0n) is 11.6. The quantitative estimate of drug-likeness (QED) is 0.523.